The molecule has 0 radical (unpaired) electrons. The van der Waals surface area contributed by atoms with Gasteiger partial charge < -0.3 is 10.5 Å². The summed E-state index contributed by atoms with van der Waals surface area (Å²) >= 11 is 0. The first-order valence-electron chi connectivity index (χ1n) is 8.77. The summed E-state index contributed by atoms with van der Waals surface area (Å²) in [6.07, 6.45) is 1.06. The number of hydrogen-bond acceptors (Lipinski definition) is 3. The number of hydrogen-bond donors (Lipinski definition) is 1. The second kappa shape index (κ2) is 8.70. The van der Waals surface area contributed by atoms with Gasteiger partial charge in [0.25, 0.3) is 0 Å². The molecule has 0 saturated carbocycles. The lowest BCUT2D eigenvalue weighted by molar-refractivity contribution is 0.0889. The Hall–Kier alpha value is -1.55. The van der Waals surface area contributed by atoms with Crippen molar-refractivity contribution in [2.75, 3.05) is 13.1 Å². The number of benzene rings is 2. The van der Waals surface area contributed by atoms with Crippen LogP contribution in [0.4, 0.5) is 0 Å². The van der Waals surface area contributed by atoms with Gasteiger partial charge >= 0.3 is 0 Å². The van der Waals surface area contributed by atoms with Crippen LogP contribution >= 0.6 is 12.4 Å². The van der Waals surface area contributed by atoms with Crippen molar-refractivity contribution >= 4 is 12.4 Å². The summed E-state index contributed by atoms with van der Waals surface area (Å²) in [5, 5.41) is 0. The van der Waals surface area contributed by atoms with Crippen molar-refractivity contribution in [1.29, 1.82) is 0 Å². The molecule has 2 N–H and O–H groups in total. The molecule has 1 aliphatic rings. The van der Waals surface area contributed by atoms with Gasteiger partial charge in [0.15, 0.2) is 0 Å². The maximum atomic E-state index is 6.26. The normalized spacial score (nSPS) is 19.9. The number of nitrogens with zero attached hydrogens (tertiary/aromatic N) is 1. The monoisotopic (exact) mass is 360 g/mol. The van der Waals surface area contributed by atoms with Crippen molar-refractivity contribution in [1.82, 2.24) is 4.90 Å². The molecule has 0 amide bonds. The Kier molecular flexibility index (Phi) is 6.88. The number of halogens is 1. The maximum absolute atomic E-state index is 6.26. The molecule has 2 aromatic rings. The number of rotatable bonds is 5. The van der Waals surface area contributed by atoms with Gasteiger partial charge in [-0.2, -0.15) is 0 Å². The second-order valence-electron chi connectivity index (χ2n) is 7.48. The van der Waals surface area contributed by atoms with Crippen molar-refractivity contribution in [3.8, 4) is 5.75 Å². The second-order valence-corrected chi connectivity index (χ2v) is 7.48. The molecule has 1 unspecified atom stereocenters. The fraction of sp³-hybridized carbons (Fsp3) is 0.429. The largest absolute Gasteiger partial charge is 0.489 e. The highest BCUT2D eigenvalue weighted by Crippen LogP contribution is 2.30. The van der Waals surface area contributed by atoms with E-state index in [2.05, 4.69) is 49.1 Å². The molecular weight excluding hydrogens is 332 g/mol. The quantitative estimate of drug-likeness (QED) is 0.866. The first kappa shape index (κ1) is 19.8. The number of likely N-dealkylation sites (tertiary alicyclic amines) is 1. The van der Waals surface area contributed by atoms with Gasteiger partial charge in [-0.15, -0.1) is 12.4 Å². The minimum absolute atomic E-state index is 0. The van der Waals surface area contributed by atoms with E-state index in [1.54, 1.807) is 0 Å². The van der Waals surface area contributed by atoms with Crippen LogP contribution in [0.2, 0.25) is 0 Å². The minimum atomic E-state index is 0. The Labute approximate surface area is 157 Å². The van der Waals surface area contributed by atoms with Crippen LogP contribution in [-0.4, -0.2) is 24.0 Å². The van der Waals surface area contributed by atoms with Crippen LogP contribution in [-0.2, 0) is 13.2 Å². The van der Waals surface area contributed by atoms with Gasteiger partial charge in [0.1, 0.15) is 12.4 Å². The molecule has 0 bridgehead atoms. The van der Waals surface area contributed by atoms with Gasteiger partial charge in [0.05, 0.1) is 0 Å². The van der Waals surface area contributed by atoms with Gasteiger partial charge in [-0.3, -0.25) is 4.90 Å². The SMILES string of the molecule is CC1(C)CN(Cc2ccccc2OCc2ccccc2)CCC1N.Cl. The van der Waals surface area contributed by atoms with E-state index in [0.717, 1.165) is 31.8 Å². The van der Waals surface area contributed by atoms with E-state index in [1.807, 2.05) is 24.3 Å². The molecule has 4 heteroatoms. The van der Waals surface area contributed by atoms with Crippen LogP contribution < -0.4 is 10.5 Å². The molecule has 1 saturated heterocycles. The fourth-order valence-corrected chi connectivity index (χ4v) is 3.37. The van der Waals surface area contributed by atoms with Crippen molar-refractivity contribution < 1.29 is 4.74 Å². The van der Waals surface area contributed by atoms with Crippen LogP contribution in [0.1, 0.15) is 31.4 Å². The third-order valence-corrected chi connectivity index (χ3v) is 4.99. The first-order valence-corrected chi connectivity index (χ1v) is 8.77. The predicted molar refractivity (Wildman–Crippen MR) is 106 cm³/mol. The smallest absolute Gasteiger partial charge is 0.124 e. The molecule has 1 fully saturated rings. The van der Waals surface area contributed by atoms with E-state index < -0.39 is 0 Å². The van der Waals surface area contributed by atoms with Crippen molar-refractivity contribution in [2.45, 2.75) is 39.5 Å². The summed E-state index contributed by atoms with van der Waals surface area (Å²) in [5.41, 5.74) is 8.87. The molecule has 0 aliphatic carbocycles. The Bertz CT molecular complexity index is 660. The summed E-state index contributed by atoms with van der Waals surface area (Å²) in [6, 6.07) is 19.0. The number of piperidine rings is 1. The molecular formula is C21H29ClN2O. The average molecular weight is 361 g/mol. The Morgan fingerprint density at radius 1 is 1.08 bits per heavy atom. The van der Waals surface area contributed by atoms with Crippen LogP contribution in [0.3, 0.4) is 0 Å². The Morgan fingerprint density at radius 3 is 2.48 bits per heavy atom. The summed E-state index contributed by atoms with van der Waals surface area (Å²) in [7, 11) is 0. The van der Waals surface area contributed by atoms with E-state index in [0.29, 0.717) is 12.6 Å². The van der Waals surface area contributed by atoms with Gasteiger partial charge in [0.2, 0.25) is 0 Å². The van der Waals surface area contributed by atoms with Crippen LogP contribution in [0.15, 0.2) is 54.6 Å². The lowest BCUT2D eigenvalue weighted by Crippen LogP contribution is -2.52. The first-order chi connectivity index (χ1) is 11.5. The number of ether oxygens (including phenoxy) is 1. The molecule has 3 rings (SSSR count). The molecule has 1 aliphatic heterocycles. The van der Waals surface area contributed by atoms with Crippen molar-refractivity contribution in [3.05, 3.63) is 65.7 Å². The van der Waals surface area contributed by atoms with E-state index in [9.17, 15) is 0 Å². The molecule has 1 heterocycles. The van der Waals surface area contributed by atoms with E-state index in [1.165, 1.54) is 11.1 Å². The van der Waals surface area contributed by atoms with E-state index >= 15 is 0 Å². The van der Waals surface area contributed by atoms with Crippen LogP contribution in [0.25, 0.3) is 0 Å². The fourth-order valence-electron chi connectivity index (χ4n) is 3.37. The van der Waals surface area contributed by atoms with Gasteiger partial charge in [0, 0.05) is 31.2 Å². The maximum Gasteiger partial charge on any atom is 0.124 e. The lowest BCUT2D eigenvalue weighted by Gasteiger charge is -2.42. The molecule has 2 aromatic carbocycles. The number of nitrogens with two attached hydrogens (primary N) is 1. The summed E-state index contributed by atoms with van der Waals surface area (Å²) < 4.78 is 6.09. The summed E-state index contributed by atoms with van der Waals surface area (Å²) in [4.78, 5) is 2.49. The molecule has 0 spiro atoms. The van der Waals surface area contributed by atoms with E-state index in [4.69, 9.17) is 10.5 Å². The molecule has 3 nitrogen and oxygen atoms in total. The highest BCUT2D eigenvalue weighted by molar-refractivity contribution is 5.85. The number of para-hydroxylation sites is 1. The van der Waals surface area contributed by atoms with Crippen molar-refractivity contribution in [3.63, 3.8) is 0 Å². The highest BCUT2D eigenvalue weighted by Gasteiger charge is 2.33. The molecule has 25 heavy (non-hydrogen) atoms. The summed E-state index contributed by atoms with van der Waals surface area (Å²) in [5.74, 6) is 0.981. The zero-order chi connectivity index (χ0) is 17.0. The van der Waals surface area contributed by atoms with Crippen molar-refractivity contribution in [2.24, 2.45) is 11.1 Å². The molecule has 1 atom stereocenters. The van der Waals surface area contributed by atoms with Gasteiger partial charge in [-0.05, 0) is 23.5 Å². The topological polar surface area (TPSA) is 38.5 Å². The predicted octanol–water partition coefficient (Wildman–Crippen LogP) is 4.25. The zero-order valence-corrected chi connectivity index (χ0v) is 16.0. The Balaban J connectivity index is 0.00000225. The molecule has 136 valence electrons. The standard InChI is InChI=1S/C21H28N2O.ClH/c1-21(2)16-23(13-12-20(21)22)14-18-10-6-7-11-19(18)24-15-17-8-4-3-5-9-17;/h3-11,20H,12-16,22H2,1-2H3;1H. The molecule has 0 aromatic heterocycles. The average Bonchev–Trinajstić information content (AvgIpc) is 2.58. The lowest BCUT2D eigenvalue weighted by atomic mass is 9.79. The summed E-state index contributed by atoms with van der Waals surface area (Å²) in [6.45, 7) is 8.14. The minimum Gasteiger partial charge on any atom is -0.489 e. The van der Waals surface area contributed by atoms with E-state index in [-0.39, 0.29) is 17.8 Å². The van der Waals surface area contributed by atoms with Gasteiger partial charge in [-0.25, -0.2) is 0 Å². The highest BCUT2D eigenvalue weighted by atomic mass is 35.5. The van der Waals surface area contributed by atoms with Gasteiger partial charge in [-0.1, -0.05) is 62.4 Å². The zero-order valence-electron chi connectivity index (χ0n) is 15.2. The third-order valence-electron chi connectivity index (χ3n) is 4.99. The van der Waals surface area contributed by atoms with Crippen LogP contribution in [0.5, 0.6) is 5.75 Å². The Morgan fingerprint density at radius 2 is 1.76 bits per heavy atom. The third kappa shape index (κ3) is 5.21. The van der Waals surface area contributed by atoms with Crippen LogP contribution in [0, 0.1) is 5.41 Å².